The smallest absolute Gasteiger partial charge is 0.229 e. The first kappa shape index (κ1) is 20.1. The molecule has 1 saturated carbocycles. The summed E-state index contributed by atoms with van der Waals surface area (Å²) in [5.41, 5.74) is -0.0141. The van der Waals surface area contributed by atoms with Gasteiger partial charge >= 0.3 is 0 Å². The number of carbonyl (C=O) groups excluding carboxylic acids is 2. The molecule has 1 aromatic rings. The third-order valence-electron chi connectivity index (χ3n) is 6.75. The largest absolute Gasteiger partial charge is 0.481 e. The first-order valence-electron chi connectivity index (χ1n) is 10.9. The number of carbonyl (C=O) groups is 2. The van der Waals surface area contributed by atoms with E-state index in [0.717, 1.165) is 64.0 Å². The fourth-order valence-corrected chi connectivity index (χ4v) is 5.18. The predicted molar refractivity (Wildman–Crippen MR) is 111 cm³/mol. The Labute approximate surface area is 172 Å². The predicted octanol–water partition coefficient (Wildman–Crippen LogP) is 2.36. The van der Waals surface area contributed by atoms with Crippen molar-refractivity contribution in [3.05, 3.63) is 18.2 Å². The van der Waals surface area contributed by atoms with Crippen LogP contribution in [0.25, 0.3) is 0 Å². The molecule has 2 amide bonds. The topological polar surface area (TPSA) is 74.8 Å². The zero-order chi connectivity index (χ0) is 20.3. The fourth-order valence-electron chi connectivity index (χ4n) is 5.18. The molecule has 158 valence electrons. The molecule has 0 radical (unpaired) electrons. The molecule has 1 spiro atoms. The third-order valence-corrected chi connectivity index (χ3v) is 6.75. The maximum absolute atomic E-state index is 12.6. The van der Waals surface area contributed by atoms with Crippen molar-refractivity contribution in [1.29, 1.82) is 0 Å². The number of pyridine rings is 1. The number of piperidine rings is 1. The lowest BCUT2D eigenvalue weighted by Gasteiger charge is -2.38. The molecule has 1 N–H and O–H groups in total. The highest BCUT2D eigenvalue weighted by Crippen LogP contribution is 2.46. The highest BCUT2D eigenvalue weighted by molar-refractivity contribution is 5.98. The summed E-state index contributed by atoms with van der Waals surface area (Å²) in [6, 6.07) is 6.15. The molecule has 1 aliphatic carbocycles. The second kappa shape index (κ2) is 8.69. The second-order valence-electron chi connectivity index (χ2n) is 8.78. The molecule has 1 atom stereocenters. The van der Waals surface area contributed by atoms with Gasteiger partial charge in [-0.2, -0.15) is 4.98 Å². The van der Waals surface area contributed by atoms with E-state index >= 15 is 0 Å². The Hall–Kier alpha value is -2.15. The summed E-state index contributed by atoms with van der Waals surface area (Å²) in [6.45, 7) is 3.21. The number of hydrogen-bond donors (Lipinski definition) is 1. The van der Waals surface area contributed by atoms with E-state index in [2.05, 4.69) is 15.2 Å². The zero-order valence-corrected chi connectivity index (χ0v) is 17.4. The van der Waals surface area contributed by atoms with Gasteiger partial charge in [0.1, 0.15) is 5.82 Å². The van der Waals surface area contributed by atoms with Crippen LogP contribution in [0.4, 0.5) is 5.82 Å². The highest BCUT2D eigenvalue weighted by atomic mass is 16.5. The van der Waals surface area contributed by atoms with E-state index in [0.29, 0.717) is 31.3 Å². The summed E-state index contributed by atoms with van der Waals surface area (Å²) in [5.74, 6) is 1.64. The summed E-state index contributed by atoms with van der Waals surface area (Å²) in [5, 5.41) is 3.56. The summed E-state index contributed by atoms with van der Waals surface area (Å²) in [6.07, 6.45) is 7.30. The van der Waals surface area contributed by atoms with Crippen molar-refractivity contribution >= 4 is 17.6 Å². The van der Waals surface area contributed by atoms with Crippen LogP contribution in [0, 0.1) is 5.41 Å². The van der Waals surface area contributed by atoms with E-state index < -0.39 is 0 Å². The summed E-state index contributed by atoms with van der Waals surface area (Å²) >= 11 is 0. The molecule has 2 saturated heterocycles. The third kappa shape index (κ3) is 4.55. The van der Waals surface area contributed by atoms with Gasteiger partial charge < -0.3 is 15.0 Å². The van der Waals surface area contributed by atoms with E-state index in [1.165, 1.54) is 4.90 Å². The monoisotopic (exact) mass is 400 g/mol. The number of aromatic nitrogens is 1. The van der Waals surface area contributed by atoms with Crippen molar-refractivity contribution < 1.29 is 14.3 Å². The Morgan fingerprint density at radius 3 is 2.69 bits per heavy atom. The summed E-state index contributed by atoms with van der Waals surface area (Å²) in [7, 11) is 1.63. The van der Waals surface area contributed by atoms with E-state index in [1.54, 1.807) is 7.11 Å². The minimum Gasteiger partial charge on any atom is -0.481 e. The number of piperazine rings is 1. The minimum absolute atomic E-state index is 0.0141. The van der Waals surface area contributed by atoms with Crippen LogP contribution in [-0.2, 0) is 9.59 Å². The van der Waals surface area contributed by atoms with Gasteiger partial charge in [-0.1, -0.05) is 18.9 Å². The van der Waals surface area contributed by atoms with Crippen LogP contribution in [0.1, 0.15) is 51.4 Å². The molecule has 1 unspecified atom stereocenters. The molecular formula is C22H32N4O3. The quantitative estimate of drug-likeness (QED) is 0.739. The van der Waals surface area contributed by atoms with Crippen molar-refractivity contribution in [2.45, 2.75) is 57.4 Å². The van der Waals surface area contributed by atoms with Crippen LogP contribution in [0.5, 0.6) is 5.88 Å². The second-order valence-corrected chi connectivity index (χ2v) is 8.78. The van der Waals surface area contributed by atoms with Crippen molar-refractivity contribution in [2.75, 3.05) is 38.2 Å². The van der Waals surface area contributed by atoms with Crippen molar-refractivity contribution in [1.82, 2.24) is 15.2 Å². The van der Waals surface area contributed by atoms with E-state index in [4.69, 9.17) is 4.74 Å². The van der Waals surface area contributed by atoms with Crippen LogP contribution in [0.3, 0.4) is 0 Å². The number of nitrogens with zero attached hydrogens (tertiary/aromatic N) is 3. The van der Waals surface area contributed by atoms with Gasteiger partial charge in [-0.05, 0) is 37.2 Å². The average Bonchev–Trinajstić information content (AvgIpc) is 3.17. The van der Waals surface area contributed by atoms with E-state index in [-0.39, 0.29) is 17.2 Å². The van der Waals surface area contributed by atoms with Crippen LogP contribution in [0.15, 0.2) is 18.2 Å². The van der Waals surface area contributed by atoms with Crippen LogP contribution in [0.2, 0.25) is 0 Å². The number of anilines is 1. The van der Waals surface area contributed by atoms with Gasteiger partial charge in [0.2, 0.25) is 17.7 Å². The number of methoxy groups -OCH3 is 1. The van der Waals surface area contributed by atoms with Gasteiger partial charge in [0.25, 0.3) is 0 Å². The van der Waals surface area contributed by atoms with Crippen molar-refractivity contribution in [3.63, 3.8) is 0 Å². The molecule has 3 fully saturated rings. The van der Waals surface area contributed by atoms with Gasteiger partial charge in [-0.25, -0.2) is 0 Å². The average molecular weight is 401 g/mol. The molecule has 0 aromatic carbocycles. The van der Waals surface area contributed by atoms with Crippen LogP contribution < -0.4 is 15.0 Å². The molecule has 3 aliphatic rings. The molecule has 29 heavy (non-hydrogen) atoms. The maximum Gasteiger partial charge on any atom is 0.229 e. The number of rotatable bonds is 6. The Balaban J connectivity index is 1.27. The number of imide groups is 1. The molecule has 3 heterocycles. The normalized spacial score (nSPS) is 24.4. The number of nitrogens with one attached hydrogen (secondary N) is 1. The number of amides is 2. The molecule has 7 heteroatoms. The van der Waals surface area contributed by atoms with Gasteiger partial charge in [0.05, 0.1) is 7.11 Å². The van der Waals surface area contributed by atoms with Crippen LogP contribution in [-0.4, -0.2) is 61.0 Å². The molecule has 0 bridgehead atoms. The summed E-state index contributed by atoms with van der Waals surface area (Å²) in [4.78, 5) is 33.5. The lowest BCUT2D eigenvalue weighted by atomic mass is 9.76. The Morgan fingerprint density at radius 2 is 1.97 bits per heavy atom. The van der Waals surface area contributed by atoms with E-state index in [1.807, 2.05) is 18.2 Å². The lowest BCUT2D eigenvalue weighted by Crippen LogP contribution is -2.51. The molecule has 1 aromatic heterocycles. The molecular weight excluding hydrogens is 368 g/mol. The van der Waals surface area contributed by atoms with Crippen molar-refractivity contribution in [2.24, 2.45) is 5.41 Å². The van der Waals surface area contributed by atoms with Crippen molar-refractivity contribution in [3.8, 4) is 5.88 Å². The first-order chi connectivity index (χ1) is 14.1. The minimum atomic E-state index is -0.0141. The first-order valence-corrected chi connectivity index (χ1v) is 10.9. The van der Waals surface area contributed by atoms with Gasteiger partial charge in [-0.3, -0.25) is 14.5 Å². The number of ether oxygens (including phenoxy) is 1. The Bertz CT molecular complexity index is 727. The van der Waals surface area contributed by atoms with Gasteiger partial charge in [0, 0.05) is 51.1 Å². The SMILES string of the molecule is COc1cccc(N2CCNC(CCCN3C(=O)CC4(CCCC4)CC3=O)C2)n1. The highest BCUT2D eigenvalue weighted by Gasteiger charge is 2.44. The molecule has 7 nitrogen and oxygen atoms in total. The lowest BCUT2D eigenvalue weighted by molar-refractivity contribution is -0.153. The molecule has 4 rings (SSSR count). The zero-order valence-electron chi connectivity index (χ0n) is 17.4. The standard InChI is InChI=1S/C22H32N4O3/c1-29-19-8-4-7-18(24-19)25-13-11-23-17(16-25)6-5-12-26-20(27)14-22(15-21(26)28)9-2-3-10-22/h4,7-8,17,23H,2-3,5-6,9-16H2,1H3. The fraction of sp³-hybridized carbons (Fsp3) is 0.682. The Morgan fingerprint density at radius 1 is 1.21 bits per heavy atom. The van der Waals surface area contributed by atoms with E-state index in [9.17, 15) is 9.59 Å². The maximum atomic E-state index is 12.6. The van der Waals surface area contributed by atoms with Gasteiger partial charge in [0.15, 0.2) is 0 Å². The molecule has 2 aliphatic heterocycles. The van der Waals surface area contributed by atoms with Gasteiger partial charge in [-0.15, -0.1) is 0 Å². The summed E-state index contributed by atoms with van der Waals surface area (Å²) < 4.78 is 5.24. The number of likely N-dealkylation sites (tertiary alicyclic amines) is 1. The Kier molecular flexibility index (Phi) is 6.04. The van der Waals surface area contributed by atoms with Crippen LogP contribution >= 0.6 is 0 Å². The number of hydrogen-bond acceptors (Lipinski definition) is 6.